The highest BCUT2D eigenvalue weighted by molar-refractivity contribution is 5.27. The molecule has 2 heteroatoms. The van der Waals surface area contributed by atoms with Gasteiger partial charge in [-0.3, -0.25) is 0 Å². The third kappa shape index (κ3) is 3.48. The van der Waals surface area contributed by atoms with Gasteiger partial charge in [0.15, 0.2) is 0 Å². The second kappa shape index (κ2) is 7.61. The molecule has 2 bridgehead atoms. The Hall–Kier alpha value is -1.12. The number of benzene rings is 1. The largest absolute Gasteiger partial charge is 0.392 e. The van der Waals surface area contributed by atoms with Gasteiger partial charge < -0.3 is 9.84 Å². The van der Waals surface area contributed by atoms with Crippen molar-refractivity contribution in [1.29, 1.82) is 0 Å². The predicted molar refractivity (Wildman–Crippen MR) is 115 cm³/mol. The molecule has 0 aromatic heterocycles. The van der Waals surface area contributed by atoms with E-state index < -0.39 is 0 Å². The molecule has 0 amide bonds. The minimum Gasteiger partial charge on any atom is -0.392 e. The summed E-state index contributed by atoms with van der Waals surface area (Å²) in [4.78, 5) is 0. The molecule has 0 heterocycles. The molecular weight excluding hydrogens is 344 g/mol. The molecule has 2 fully saturated rings. The molecule has 5 atom stereocenters. The number of hydrogen-bond donors (Lipinski definition) is 1. The Kier molecular flexibility index (Phi) is 5.48. The summed E-state index contributed by atoms with van der Waals surface area (Å²) in [6.07, 6.45) is 8.05. The van der Waals surface area contributed by atoms with E-state index in [1.807, 2.05) is 0 Å². The number of fused-ring (bicyclic) bond motifs is 3. The van der Waals surface area contributed by atoms with E-state index >= 15 is 0 Å². The second-order valence-corrected chi connectivity index (χ2v) is 10.5. The molecule has 28 heavy (non-hydrogen) atoms. The Bertz CT molecular complexity index is 719. The van der Waals surface area contributed by atoms with Crippen molar-refractivity contribution in [2.75, 3.05) is 0 Å². The first-order valence-electron chi connectivity index (χ1n) is 11.4. The molecule has 0 unspecified atom stereocenters. The number of aliphatic hydroxyl groups excluding tert-OH is 1. The molecule has 0 radical (unpaired) electrons. The lowest BCUT2D eigenvalue weighted by atomic mass is 9.52. The molecule has 154 valence electrons. The van der Waals surface area contributed by atoms with Crippen LogP contribution in [0.2, 0.25) is 0 Å². The molecule has 2 nitrogen and oxygen atoms in total. The Morgan fingerprint density at radius 1 is 1.04 bits per heavy atom. The highest BCUT2D eigenvalue weighted by Crippen LogP contribution is 2.58. The van der Waals surface area contributed by atoms with Gasteiger partial charge in [0.25, 0.3) is 0 Å². The first-order chi connectivity index (χ1) is 13.3. The van der Waals surface area contributed by atoms with Crippen LogP contribution < -0.4 is 0 Å². The van der Waals surface area contributed by atoms with Gasteiger partial charge in [0.2, 0.25) is 0 Å². The molecule has 0 spiro atoms. The summed E-state index contributed by atoms with van der Waals surface area (Å²) in [5, 5.41) is 11.8. The molecule has 1 aromatic carbocycles. The van der Waals surface area contributed by atoms with Crippen molar-refractivity contribution in [2.24, 2.45) is 22.7 Å². The maximum absolute atomic E-state index is 11.8. The summed E-state index contributed by atoms with van der Waals surface area (Å²) < 4.78 is 6.53. The highest BCUT2D eigenvalue weighted by atomic mass is 16.5. The van der Waals surface area contributed by atoms with Gasteiger partial charge in [-0.05, 0) is 67.8 Å². The topological polar surface area (TPSA) is 29.5 Å². The van der Waals surface area contributed by atoms with Crippen molar-refractivity contribution in [2.45, 2.75) is 91.5 Å². The Balaban J connectivity index is 1.62. The SMILES string of the molecule is CC1=C2CC[C@]3(C)CCC[C@@H](OCc4ccccc4)[C@H]3[C@H](O)[C@H](CC1)C2(C)C. The lowest BCUT2D eigenvalue weighted by molar-refractivity contribution is -0.152. The van der Waals surface area contributed by atoms with Crippen LogP contribution in [0.4, 0.5) is 0 Å². The van der Waals surface area contributed by atoms with Crippen LogP contribution in [0.25, 0.3) is 0 Å². The van der Waals surface area contributed by atoms with Gasteiger partial charge in [-0.15, -0.1) is 0 Å². The van der Waals surface area contributed by atoms with Gasteiger partial charge in [-0.2, -0.15) is 0 Å². The fraction of sp³-hybridized carbons (Fsp3) is 0.692. The van der Waals surface area contributed by atoms with Crippen molar-refractivity contribution in [3.05, 3.63) is 47.0 Å². The van der Waals surface area contributed by atoms with Gasteiger partial charge in [0.1, 0.15) is 0 Å². The van der Waals surface area contributed by atoms with Crippen molar-refractivity contribution >= 4 is 0 Å². The monoisotopic (exact) mass is 382 g/mol. The molecular formula is C26H38O2. The standard InChI is InChI=1S/C26H38O2/c1-18-12-13-21-24(27)23-22(28-17-19-9-6-5-7-10-19)11-8-15-26(23,4)16-14-20(18)25(21,2)3/h5-7,9-10,21-24,27H,8,11-17H2,1-4H3/t21-,22+,23-,24+,26-/m0/s1. The maximum Gasteiger partial charge on any atom is 0.0720 e. The fourth-order valence-electron chi connectivity index (χ4n) is 6.84. The summed E-state index contributed by atoms with van der Waals surface area (Å²) >= 11 is 0. The normalized spacial score (nSPS) is 37.8. The maximum atomic E-state index is 11.8. The number of aliphatic hydroxyl groups is 1. The van der Waals surface area contributed by atoms with Crippen LogP contribution in [0, 0.1) is 22.7 Å². The first-order valence-corrected chi connectivity index (χ1v) is 11.4. The molecule has 0 aliphatic heterocycles. The van der Waals surface area contributed by atoms with Crippen molar-refractivity contribution < 1.29 is 9.84 Å². The minimum atomic E-state index is -0.274. The van der Waals surface area contributed by atoms with Gasteiger partial charge in [-0.25, -0.2) is 0 Å². The minimum absolute atomic E-state index is 0.102. The Labute approximate surface area is 171 Å². The van der Waals surface area contributed by atoms with Crippen LogP contribution >= 0.6 is 0 Å². The van der Waals surface area contributed by atoms with Crippen LogP contribution in [-0.4, -0.2) is 17.3 Å². The van der Waals surface area contributed by atoms with Crippen LogP contribution in [0.3, 0.4) is 0 Å². The zero-order valence-electron chi connectivity index (χ0n) is 18.2. The average molecular weight is 383 g/mol. The van der Waals surface area contributed by atoms with Gasteiger partial charge in [-0.1, -0.05) is 68.7 Å². The lowest BCUT2D eigenvalue weighted by Gasteiger charge is -2.56. The molecule has 3 aliphatic carbocycles. The number of hydrogen-bond acceptors (Lipinski definition) is 2. The average Bonchev–Trinajstić information content (AvgIpc) is 2.65. The molecule has 2 saturated carbocycles. The van der Waals surface area contributed by atoms with Gasteiger partial charge in [0.05, 0.1) is 18.8 Å². The quantitative estimate of drug-likeness (QED) is 0.623. The fourth-order valence-corrected chi connectivity index (χ4v) is 6.84. The predicted octanol–water partition coefficient (Wildman–Crippen LogP) is 6.29. The van der Waals surface area contributed by atoms with Crippen LogP contribution in [-0.2, 0) is 11.3 Å². The lowest BCUT2D eigenvalue weighted by Crippen LogP contribution is -2.55. The van der Waals surface area contributed by atoms with E-state index in [1.54, 1.807) is 11.1 Å². The van der Waals surface area contributed by atoms with Crippen LogP contribution in [0.15, 0.2) is 41.5 Å². The van der Waals surface area contributed by atoms with Gasteiger partial charge in [0, 0.05) is 5.92 Å². The smallest absolute Gasteiger partial charge is 0.0720 e. The van der Waals surface area contributed by atoms with E-state index in [0.717, 1.165) is 19.3 Å². The van der Waals surface area contributed by atoms with E-state index in [-0.39, 0.29) is 29.0 Å². The van der Waals surface area contributed by atoms with Crippen LogP contribution in [0.1, 0.15) is 78.2 Å². The third-order valence-electron chi connectivity index (χ3n) is 8.53. The number of ether oxygens (including phenoxy) is 1. The number of rotatable bonds is 3. The third-order valence-corrected chi connectivity index (χ3v) is 8.53. The first kappa shape index (κ1) is 20.2. The second-order valence-electron chi connectivity index (χ2n) is 10.5. The van der Waals surface area contributed by atoms with E-state index in [9.17, 15) is 5.11 Å². The van der Waals surface area contributed by atoms with Gasteiger partial charge >= 0.3 is 0 Å². The molecule has 4 rings (SSSR count). The van der Waals surface area contributed by atoms with E-state index in [4.69, 9.17) is 4.74 Å². The summed E-state index contributed by atoms with van der Waals surface area (Å²) in [6.45, 7) is 10.2. The zero-order chi connectivity index (χ0) is 19.9. The summed E-state index contributed by atoms with van der Waals surface area (Å²) in [7, 11) is 0. The molecule has 0 saturated heterocycles. The highest BCUT2D eigenvalue weighted by Gasteiger charge is 2.54. The van der Waals surface area contributed by atoms with E-state index in [0.29, 0.717) is 12.5 Å². The molecule has 3 aliphatic rings. The van der Waals surface area contributed by atoms with E-state index in [2.05, 4.69) is 58.0 Å². The summed E-state index contributed by atoms with van der Waals surface area (Å²) in [5.74, 6) is 0.589. The number of allylic oxidation sites excluding steroid dienone is 2. The summed E-state index contributed by atoms with van der Waals surface area (Å²) in [6, 6.07) is 10.5. The molecule has 1 N–H and O–H groups in total. The Morgan fingerprint density at radius 3 is 2.54 bits per heavy atom. The van der Waals surface area contributed by atoms with Crippen molar-refractivity contribution in [3.8, 4) is 0 Å². The summed E-state index contributed by atoms with van der Waals surface area (Å²) in [5.41, 5.74) is 4.73. The van der Waals surface area contributed by atoms with Crippen molar-refractivity contribution in [1.82, 2.24) is 0 Å². The Morgan fingerprint density at radius 2 is 1.79 bits per heavy atom. The van der Waals surface area contributed by atoms with Crippen molar-refractivity contribution in [3.63, 3.8) is 0 Å². The van der Waals surface area contributed by atoms with Crippen LogP contribution in [0.5, 0.6) is 0 Å². The van der Waals surface area contributed by atoms with E-state index in [1.165, 1.54) is 31.2 Å². The molecule has 1 aromatic rings. The zero-order valence-corrected chi connectivity index (χ0v) is 18.2.